The lowest BCUT2D eigenvalue weighted by atomic mass is 10.1. The van der Waals surface area contributed by atoms with Crippen LogP contribution in [0.25, 0.3) is 0 Å². The standard InChI is InChI=1S/C7H6O4/c8-6-4(7(9)10)1-3-2-5(6)11-3/h1-2,7-10H. The summed E-state index contributed by atoms with van der Waals surface area (Å²) in [5.41, 5.74) is 0.0868. The van der Waals surface area contributed by atoms with Crippen molar-refractivity contribution in [3.05, 3.63) is 17.7 Å². The molecule has 4 nitrogen and oxygen atoms in total. The van der Waals surface area contributed by atoms with Crippen LogP contribution in [0.1, 0.15) is 11.9 Å². The summed E-state index contributed by atoms with van der Waals surface area (Å²) in [5, 5.41) is 26.6. The maximum atomic E-state index is 9.17. The zero-order valence-corrected chi connectivity index (χ0v) is 5.48. The SMILES string of the molecule is Oc1c2cc(cc1C(O)O)O2. The molecule has 0 amide bonds. The number of ether oxygens (including phenoxy) is 1. The molecule has 3 N–H and O–H groups in total. The number of hydrogen-bond donors (Lipinski definition) is 3. The number of aliphatic hydroxyl groups excluding tert-OH is 1. The second kappa shape index (κ2) is 1.87. The molecule has 0 fully saturated rings. The second-order valence-electron chi connectivity index (χ2n) is 2.33. The summed E-state index contributed by atoms with van der Waals surface area (Å²) in [5.74, 6) is 0.640. The Morgan fingerprint density at radius 1 is 1.27 bits per heavy atom. The van der Waals surface area contributed by atoms with Crippen molar-refractivity contribution in [2.24, 2.45) is 0 Å². The third-order valence-electron chi connectivity index (χ3n) is 1.58. The van der Waals surface area contributed by atoms with E-state index in [9.17, 15) is 0 Å². The maximum absolute atomic E-state index is 9.17. The molecule has 0 saturated carbocycles. The van der Waals surface area contributed by atoms with Crippen molar-refractivity contribution in [2.75, 3.05) is 0 Å². The summed E-state index contributed by atoms with van der Waals surface area (Å²) in [6.45, 7) is 0. The number of aromatic hydroxyl groups is 1. The number of phenols is 1. The molecule has 0 spiro atoms. The Labute approximate surface area is 62.3 Å². The molecule has 58 valence electrons. The molecule has 4 heteroatoms. The van der Waals surface area contributed by atoms with Crippen LogP contribution in [0, 0.1) is 0 Å². The van der Waals surface area contributed by atoms with Crippen molar-refractivity contribution in [1.29, 1.82) is 0 Å². The molecule has 0 aliphatic carbocycles. The fourth-order valence-corrected chi connectivity index (χ4v) is 1.01. The predicted octanol–water partition coefficient (Wildman–Crippen LogP) is 0.481. The normalized spacial score (nSPS) is 12.6. The van der Waals surface area contributed by atoms with Gasteiger partial charge in [0.25, 0.3) is 0 Å². The van der Waals surface area contributed by atoms with E-state index in [1.54, 1.807) is 6.07 Å². The van der Waals surface area contributed by atoms with Gasteiger partial charge in [-0.05, 0) is 6.07 Å². The van der Waals surface area contributed by atoms with Gasteiger partial charge in [0.05, 0.1) is 5.56 Å². The quantitative estimate of drug-likeness (QED) is 0.522. The third-order valence-corrected chi connectivity index (χ3v) is 1.58. The highest BCUT2D eigenvalue weighted by Gasteiger charge is 2.23. The Morgan fingerprint density at radius 2 is 1.91 bits per heavy atom. The molecule has 0 saturated heterocycles. The van der Waals surface area contributed by atoms with Gasteiger partial charge in [-0.1, -0.05) is 0 Å². The minimum atomic E-state index is -1.64. The Balaban J connectivity index is 2.53. The maximum Gasteiger partial charge on any atom is 0.182 e. The van der Waals surface area contributed by atoms with Gasteiger partial charge in [0.1, 0.15) is 5.75 Å². The summed E-state index contributed by atoms with van der Waals surface area (Å²) < 4.78 is 4.86. The van der Waals surface area contributed by atoms with E-state index < -0.39 is 6.29 Å². The van der Waals surface area contributed by atoms with E-state index in [1.807, 2.05) is 0 Å². The first-order chi connectivity index (χ1) is 5.18. The summed E-state index contributed by atoms with van der Waals surface area (Å²) in [4.78, 5) is 0. The molecule has 3 rings (SSSR count). The van der Waals surface area contributed by atoms with Crippen molar-refractivity contribution < 1.29 is 20.1 Å². The number of phenolic OH excluding ortho intramolecular Hbond substituents is 1. The van der Waals surface area contributed by atoms with Gasteiger partial charge in [-0.25, -0.2) is 0 Å². The topological polar surface area (TPSA) is 69.9 Å². The van der Waals surface area contributed by atoms with Gasteiger partial charge in [0, 0.05) is 6.07 Å². The Bertz CT molecular complexity index is 306. The Kier molecular flexibility index (Phi) is 1.10. The van der Waals surface area contributed by atoms with Gasteiger partial charge in [-0.3, -0.25) is 0 Å². The first kappa shape index (κ1) is 6.45. The van der Waals surface area contributed by atoms with Gasteiger partial charge in [-0.2, -0.15) is 0 Å². The third kappa shape index (κ3) is 0.768. The second-order valence-corrected chi connectivity index (χ2v) is 2.33. The van der Waals surface area contributed by atoms with E-state index in [2.05, 4.69) is 0 Å². The van der Waals surface area contributed by atoms with Crippen molar-refractivity contribution in [3.8, 4) is 17.2 Å². The largest absolute Gasteiger partial charge is 0.504 e. The van der Waals surface area contributed by atoms with Crippen LogP contribution in [0.3, 0.4) is 0 Å². The van der Waals surface area contributed by atoms with Crippen LogP contribution in [0.5, 0.6) is 17.2 Å². The molecule has 0 atom stereocenters. The van der Waals surface area contributed by atoms with Crippen molar-refractivity contribution in [2.45, 2.75) is 6.29 Å². The summed E-state index contributed by atoms with van der Waals surface area (Å²) in [6, 6.07) is 2.99. The van der Waals surface area contributed by atoms with E-state index in [-0.39, 0.29) is 11.3 Å². The molecule has 1 aromatic carbocycles. The highest BCUT2D eigenvalue weighted by atomic mass is 16.5. The predicted molar refractivity (Wildman–Crippen MR) is 35.4 cm³/mol. The molecule has 2 bridgehead atoms. The molecule has 0 unspecified atom stereocenters. The molecule has 11 heavy (non-hydrogen) atoms. The molecule has 0 radical (unpaired) electrons. The van der Waals surface area contributed by atoms with Crippen LogP contribution >= 0.6 is 0 Å². The lowest BCUT2D eigenvalue weighted by molar-refractivity contribution is -0.0445. The Hall–Kier alpha value is -1.26. The Morgan fingerprint density at radius 3 is 2.27 bits per heavy atom. The molecule has 2 aliphatic rings. The monoisotopic (exact) mass is 154 g/mol. The van der Waals surface area contributed by atoms with Crippen LogP contribution in [0.2, 0.25) is 0 Å². The zero-order valence-electron chi connectivity index (χ0n) is 5.48. The smallest absolute Gasteiger partial charge is 0.182 e. The average molecular weight is 154 g/mol. The van der Waals surface area contributed by atoms with Crippen molar-refractivity contribution >= 4 is 0 Å². The highest BCUT2D eigenvalue weighted by molar-refractivity contribution is 5.58. The van der Waals surface area contributed by atoms with Gasteiger partial charge < -0.3 is 20.1 Å². The molecule has 2 aliphatic heterocycles. The van der Waals surface area contributed by atoms with Crippen LogP contribution in [0.4, 0.5) is 0 Å². The van der Waals surface area contributed by atoms with E-state index in [4.69, 9.17) is 20.1 Å². The van der Waals surface area contributed by atoms with Crippen molar-refractivity contribution in [3.63, 3.8) is 0 Å². The van der Waals surface area contributed by atoms with Crippen LogP contribution in [0.15, 0.2) is 12.1 Å². The van der Waals surface area contributed by atoms with Crippen LogP contribution in [-0.2, 0) is 0 Å². The van der Waals surface area contributed by atoms with Gasteiger partial charge >= 0.3 is 0 Å². The number of aliphatic hydroxyl groups is 2. The molecule has 1 aromatic rings. The van der Waals surface area contributed by atoms with E-state index in [1.165, 1.54) is 6.07 Å². The summed E-state index contributed by atoms with van der Waals surface area (Å²) in [7, 11) is 0. The number of fused-ring (bicyclic) bond motifs is 2. The van der Waals surface area contributed by atoms with Crippen molar-refractivity contribution in [1.82, 2.24) is 0 Å². The van der Waals surface area contributed by atoms with E-state index in [0.29, 0.717) is 11.5 Å². The number of benzene rings is 1. The minimum Gasteiger partial charge on any atom is -0.504 e. The lowest BCUT2D eigenvalue weighted by Gasteiger charge is -2.20. The molecular formula is C7H6O4. The fraction of sp³-hybridized carbons (Fsp3) is 0.143. The average Bonchev–Trinajstić information content (AvgIpc) is 1.84. The van der Waals surface area contributed by atoms with Gasteiger partial charge in [-0.15, -0.1) is 0 Å². The summed E-state index contributed by atoms with van der Waals surface area (Å²) in [6.07, 6.45) is -1.64. The first-order valence-corrected chi connectivity index (χ1v) is 3.09. The minimum absolute atomic E-state index is 0.0868. The fourth-order valence-electron chi connectivity index (χ4n) is 1.01. The van der Waals surface area contributed by atoms with Gasteiger partial charge in [0.2, 0.25) is 0 Å². The van der Waals surface area contributed by atoms with Crippen LogP contribution < -0.4 is 4.74 Å². The number of hydrogen-bond acceptors (Lipinski definition) is 4. The van der Waals surface area contributed by atoms with E-state index >= 15 is 0 Å². The number of rotatable bonds is 1. The molecular weight excluding hydrogens is 148 g/mol. The molecule has 0 aromatic heterocycles. The lowest BCUT2D eigenvalue weighted by Crippen LogP contribution is -2.03. The summed E-state index contributed by atoms with van der Waals surface area (Å²) >= 11 is 0. The van der Waals surface area contributed by atoms with Gasteiger partial charge in [0.15, 0.2) is 17.8 Å². The highest BCUT2D eigenvalue weighted by Crippen LogP contribution is 2.46. The van der Waals surface area contributed by atoms with Crippen LogP contribution in [-0.4, -0.2) is 15.3 Å². The molecule has 2 heterocycles. The first-order valence-electron chi connectivity index (χ1n) is 3.09. The zero-order chi connectivity index (χ0) is 8.01. The van der Waals surface area contributed by atoms with E-state index in [0.717, 1.165) is 0 Å².